The zero-order valence-corrected chi connectivity index (χ0v) is 12.5. The van der Waals surface area contributed by atoms with Gasteiger partial charge in [0.15, 0.2) is 0 Å². The second-order valence-corrected chi connectivity index (χ2v) is 5.48. The zero-order chi connectivity index (χ0) is 14.7. The van der Waals surface area contributed by atoms with Crippen LogP contribution in [0.25, 0.3) is 10.8 Å². The molecule has 1 fully saturated rings. The maximum atomic E-state index is 9.45. The average Bonchev–Trinajstić information content (AvgIpc) is 2.54. The Kier molecular flexibility index (Phi) is 4.36. The van der Waals surface area contributed by atoms with Crippen molar-refractivity contribution >= 4 is 16.6 Å². The molecule has 1 aromatic carbocycles. The second-order valence-electron chi connectivity index (χ2n) is 5.48. The van der Waals surface area contributed by atoms with E-state index in [0.29, 0.717) is 0 Å². The Labute approximate surface area is 125 Å². The van der Waals surface area contributed by atoms with Crippen LogP contribution in [-0.2, 0) is 11.3 Å². The first-order valence-corrected chi connectivity index (χ1v) is 7.68. The summed E-state index contributed by atoms with van der Waals surface area (Å²) < 4.78 is 5.78. The summed E-state index contributed by atoms with van der Waals surface area (Å²) in [6.07, 6.45) is 2.51. The van der Waals surface area contributed by atoms with Crippen molar-refractivity contribution in [3.63, 3.8) is 0 Å². The normalized spacial score (nSPS) is 19.1. The van der Waals surface area contributed by atoms with Gasteiger partial charge >= 0.3 is 0 Å². The SMILES string of the molecule is CCOC1CCCN(c2nc(CO)cc3ccccc23)C1. The van der Waals surface area contributed by atoms with Gasteiger partial charge in [0.25, 0.3) is 0 Å². The molecule has 0 radical (unpaired) electrons. The predicted octanol–water partition coefficient (Wildman–Crippen LogP) is 2.73. The molecular formula is C17H22N2O2. The lowest BCUT2D eigenvalue weighted by Crippen LogP contribution is -2.40. The number of rotatable bonds is 4. The van der Waals surface area contributed by atoms with E-state index < -0.39 is 0 Å². The van der Waals surface area contributed by atoms with E-state index in [0.717, 1.165) is 54.8 Å². The van der Waals surface area contributed by atoms with E-state index in [2.05, 4.69) is 22.0 Å². The molecule has 2 heterocycles. The smallest absolute Gasteiger partial charge is 0.136 e. The van der Waals surface area contributed by atoms with Gasteiger partial charge in [0, 0.05) is 25.1 Å². The molecule has 1 atom stereocenters. The van der Waals surface area contributed by atoms with Crippen LogP contribution in [0.2, 0.25) is 0 Å². The van der Waals surface area contributed by atoms with Gasteiger partial charge in [0.1, 0.15) is 5.82 Å². The third kappa shape index (κ3) is 3.01. The molecule has 112 valence electrons. The highest BCUT2D eigenvalue weighted by molar-refractivity contribution is 5.92. The highest BCUT2D eigenvalue weighted by atomic mass is 16.5. The topological polar surface area (TPSA) is 45.6 Å². The number of benzene rings is 1. The standard InChI is InChI=1S/C17H22N2O2/c1-2-21-15-7-5-9-19(11-15)17-16-8-4-3-6-13(16)10-14(12-20)18-17/h3-4,6,8,10,15,20H,2,5,7,9,11-12H2,1H3. The number of nitrogens with zero attached hydrogens (tertiary/aromatic N) is 2. The van der Waals surface area contributed by atoms with E-state index in [1.165, 1.54) is 0 Å². The third-order valence-corrected chi connectivity index (χ3v) is 4.02. The Morgan fingerprint density at radius 1 is 1.38 bits per heavy atom. The van der Waals surface area contributed by atoms with Crippen molar-refractivity contribution in [1.29, 1.82) is 0 Å². The predicted molar refractivity (Wildman–Crippen MR) is 84.5 cm³/mol. The highest BCUT2D eigenvalue weighted by Crippen LogP contribution is 2.28. The largest absolute Gasteiger partial charge is 0.390 e. The summed E-state index contributed by atoms with van der Waals surface area (Å²) in [4.78, 5) is 6.95. The van der Waals surface area contributed by atoms with Gasteiger partial charge in [-0.05, 0) is 31.2 Å². The van der Waals surface area contributed by atoms with Crippen LogP contribution < -0.4 is 4.90 Å². The van der Waals surface area contributed by atoms with Crippen LogP contribution in [0.4, 0.5) is 5.82 Å². The molecule has 4 nitrogen and oxygen atoms in total. The van der Waals surface area contributed by atoms with Gasteiger partial charge in [-0.15, -0.1) is 0 Å². The minimum atomic E-state index is -0.0272. The summed E-state index contributed by atoms with van der Waals surface area (Å²) in [5, 5.41) is 11.7. The number of hydrogen-bond donors (Lipinski definition) is 1. The molecule has 2 aromatic rings. The Morgan fingerprint density at radius 2 is 2.24 bits per heavy atom. The van der Waals surface area contributed by atoms with Gasteiger partial charge in [0.2, 0.25) is 0 Å². The first-order chi connectivity index (χ1) is 10.3. The van der Waals surface area contributed by atoms with Crippen LogP contribution in [0.1, 0.15) is 25.5 Å². The molecule has 21 heavy (non-hydrogen) atoms. The highest BCUT2D eigenvalue weighted by Gasteiger charge is 2.22. The first kappa shape index (κ1) is 14.3. The summed E-state index contributed by atoms with van der Waals surface area (Å²) in [6.45, 7) is 4.64. The molecule has 1 N–H and O–H groups in total. The van der Waals surface area contributed by atoms with E-state index in [-0.39, 0.29) is 12.7 Å². The fourth-order valence-corrected chi connectivity index (χ4v) is 3.06. The quantitative estimate of drug-likeness (QED) is 0.938. The van der Waals surface area contributed by atoms with Crippen molar-refractivity contribution in [2.45, 2.75) is 32.5 Å². The van der Waals surface area contributed by atoms with Crippen molar-refractivity contribution in [3.8, 4) is 0 Å². The number of aliphatic hydroxyl groups excluding tert-OH is 1. The molecule has 0 saturated carbocycles. The molecular weight excluding hydrogens is 264 g/mol. The van der Waals surface area contributed by atoms with Crippen LogP contribution in [-0.4, -0.2) is 35.9 Å². The lowest BCUT2D eigenvalue weighted by Gasteiger charge is -2.34. The van der Waals surface area contributed by atoms with Crippen LogP contribution in [0.15, 0.2) is 30.3 Å². The summed E-state index contributed by atoms with van der Waals surface area (Å²) in [6, 6.07) is 10.2. The Morgan fingerprint density at radius 3 is 3.05 bits per heavy atom. The molecule has 0 amide bonds. The number of aliphatic hydroxyl groups is 1. The Hall–Kier alpha value is -1.65. The maximum absolute atomic E-state index is 9.45. The average molecular weight is 286 g/mol. The van der Waals surface area contributed by atoms with Crippen molar-refractivity contribution in [2.24, 2.45) is 0 Å². The monoisotopic (exact) mass is 286 g/mol. The van der Waals surface area contributed by atoms with E-state index in [1.807, 2.05) is 25.1 Å². The van der Waals surface area contributed by atoms with Crippen molar-refractivity contribution < 1.29 is 9.84 Å². The molecule has 1 aliphatic heterocycles. The van der Waals surface area contributed by atoms with E-state index in [1.54, 1.807) is 0 Å². The van der Waals surface area contributed by atoms with Gasteiger partial charge in [0.05, 0.1) is 18.4 Å². The van der Waals surface area contributed by atoms with Crippen LogP contribution in [0.3, 0.4) is 0 Å². The number of ether oxygens (including phenoxy) is 1. The number of hydrogen-bond acceptors (Lipinski definition) is 4. The number of fused-ring (bicyclic) bond motifs is 1. The summed E-state index contributed by atoms with van der Waals surface area (Å²) in [5.74, 6) is 0.974. The fourth-order valence-electron chi connectivity index (χ4n) is 3.06. The molecule has 1 aliphatic rings. The Balaban J connectivity index is 1.98. The maximum Gasteiger partial charge on any atom is 0.136 e. The first-order valence-electron chi connectivity index (χ1n) is 7.68. The zero-order valence-electron chi connectivity index (χ0n) is 12.5. The molecule has 0 bridgehead atoms. The lowest BCUT2D eigenvalue weighted by molar-refractivity contribution is 0.0525. The van der Waals surface area contributed by atoms with Crippen molar-refractivity contribution in [3.05, 3.63) is 36.0 Å². The number of pyridine rings is 1. The number of piperidine rings is 1. The third-order valence-electron chi connectivity index (χ3n) is 4.02. The molecule has 1 aromatic heterocycles. The van der Waals surface area contributed by atoms with Gasteiger partial charge in [-0.2, -0.15) is 0 Å². The number of aromatic nitrogens is 1. The van der Waals surface area contributed by atoms with E-state index >= 15 is 0 Å². The molecule has 1 unspecified atom stereocenters. The molecule has 1 saturated heterocycles. The summed E-state index contributed by atoms with van der Waals surface area (Å²) in [5.41, 5.74) is 0.724. The van der Waals surface area contributed by atoms with Crippen molar-refractivity contribution in [2.75, 3.05) is 24.6 Å². The van der Waals surface area contributed by atoms with Crippen LogP contribution >= 0.6 is 0 Å². The molecule has 3 rings (SSSR count). The van der Waals surface area contributed by atoms with Gasteiger partial charge in [-0.1, -0.05) is 24.3 Å². The van der Waals surface area contributed by atoms with Crippen molar-refractivity contribution in [1.82, 2.24) is 4.98 Å². The summed E-state index contributed by atoms with van der Waals surface area (Å²) >= 11 is 0. The van der Waals surface area contributed by atoms with Gasteiger partial charge in [-0.25, -0.2) is 4.98 Å². The van der Waals surface area contributed by atoms with Crippen LogP contribution in [0, 0.1) is 0 Å². The second kappa shape index (κ2) is 6.41. The fraction of sp³-hybridized carbons (Fsp3) is 0.471. The molecule has 0 aliphatic carbocycles. The van der Waals surface area contributed by atoms with Crippen LogP contribution in [0.5, 0.6) is 0 Å². The van der Waals surface area contributed by atoms with E-state index in [4.69, 9.17) is 4.74 Å². The summed E-state index contributed by atoms with van der Waals surface area (Å²) in [7, 11) is 0. The van der Waals surface area contributed by atoms with Gasteiger partial charge in [-0.3, -0.25) is 0 Å². The molecule has 0 spiro atoms. The van der Waals surface area contributed by atoms with E-state index in [9.17, 15) is 5.11 Å². The lowest BCUT2D eigenvalue weighted by atomic mass is 10.1. The minimum absolute atomic E-state index is 0.0272. The number of anilines is 1. The molecule has 4 heteroatoms. The minimum Gasteiger partial charge on any atom is -0.390 e. The van der Waals surface area contributed by atoms with Gasteiger partial charge < -0.3 is 14.7 Å². The Bertz CT molecular complexity index is 613.